The predicted octanol–water partition coefficient (Wildman–Crippen LogP) is 2.10. The van der Waals surface area contributed by atoms with Gasteiger partial charge < -0.3 is 10.4 Å². The highest BCUT2D eigenvalue weighted by atomic mass is 35.5. The zero-order valence-corrected chi connectivity index (χ0v) is 16.6. The molecule has 2 aliphatic rings. The lowest BCUT2D eigenvalue weighted by molar-refractivity contribution is -0.123. The van der Waals surface area contributed by atoms with E-state index in [0.717, 1.165) is 43.6 Å². The fraction of sp³-hybridized carbons (Fsp3) is 0.611. The first kappa shape index (κ1) is 24.0. The van der Waals surface area contributed by atoms with Gasteiger partial charge in [-0.25, -0.2) is 8.78 Å². The Hall–Kier alpha value is -0.990. The predicted molar refractivity (Wildman–Crippen MR) is 105 cm³/mol. The lowest BCUT2D eigenvalue weighted by Crippen LogP contribution is -2.40. The van der Waals surface area contributed by atoms with Crippen molar-refractivity contribution in [1.29, 1.82) is 0 Å². The standard InChI is InChI=1S/C18H25F2N3O2.2ClH/c19-18(20)9-16(22-12-18)17(25)21-10-13-3-1-2-4-14(13)11-23-7-5-15(24)6-8-23;;/h1-4,15-16,22,24H,5-12H2,(H,21,25);2*1H. The number of hydrogen-bond donors (Lipinski definition) is 3. The summed E-state index contributed by atoms with van der Waals surface area (Å²) in [6.45, 7) is 2.35. The van der Waals surface area contributed by atoms with E-state index in [-0.39, 0.29) is 36.8 Å². The average Bonchev–Trinajstić information content (AvgIpc) is 2.96. The van der Waals surface area contributed by atoms with Crippen molar-refractivity contribution in [2.24, 2.45) is 0 Å². The van der Waals surface area contributed by atoms with Crippen LogP contribution in [0.5, 0.6) is 0 Å². The molecule has 27 heavy (non-hydrogen) atoms. The second-order valence-corrected chi connectivity index (χ2v) is 6.99. The van der Waals surface area contributed by atoms with E-state index < -0.39 is 24.9 Å². The largest absolute Gasteiger partial charge is 0.393 e. The van der Waals surface area contributed by atoms with Crippen LogP contribution in [0.2, 0.25) is 0 Å². The SMILES string of the molecule is Cl.Cl.O=C(NCc1ccccc1CN1CCC(O)CC1)C1CC(F)(F)CN1. The molecule has 1 aromatic rings. The highest BCUT2D eigenvalue weighted by molar-refractivity contribution is 5.85. The monoisotopic (exact) mass is 425 g/mol. The van der Waals surface area contributed by atoms with Crippen LogP contribution in [0, 0.1) is 0 Å². The molecule has 0 aromatic heterocycles. The Kier molecular flexibility index (Phi) is 9.38. The van der Waals surface area contributed by atoms with Gasteiger partial charge in [0.25, 0.3) is 5.92 Å². The van der Waals surface area contributed by atoms with Gasteiger partial charge in [-0.2, -0.15) is 0 Å². The minimum absolute atomic E-state index is 0. The number of aliphatic hydroxyl groups is 1. The maximum atomic E-state index is 13.2. The minimum Gasteiger partial charge on any atom is -0.393 e. The van der Waals surface area contributed by atoms with Crippen molar-refractivity contribution < 1.29 is 18.7 Å². The molecule has 154 valence electrons. The van der Waals surface area contributed by atoms with Gasteiger partial charge in [0.1, 0.15) is 0 Å². The van der Waals surface area contributed by atoms with Crippen LogP contribution in [0.25, 0.3) is 0 Å². The van der Waals surface area contributed by atoms with Gasteiger partial charge in [-0.3, -0.25) is 15.0 Å². The molecule has 2 aliphatic heterocycles. The highest BCUT2D eigenvalue weighted by Crippen LogP contribution is 2.25. The van der Waals surface area contributed by atoms with E-state index in [4.69, 9.17) is 0 Å². The molecule has 5 nitrogen and oxygen atoms in total. The lowest BCUT2D eigenvalue weighted by atomic mass is 10.0. The molecule has 2 fully saturated rings. The number of amides is 1. The van der Waals surface area contributed by atoms with Gasteiger partial charge >= 0.3 is 0 Å². The third kappa shape index (κ3) is 6.84. The maximum absolute atomic E-state index is 13.2. The van der Waals surface area contributed by atoms with Crippen LogP contribution in [-0.2, 0) is 17.9 Å². The molecule has 1 amide bonds. The van der Waals surface area contributed by atoms with Crippen LogP contribution in [-0.4, -0.2) is 53.6 Å². The highest BCUT2D eigenvalue weighted by Gasteiger charge is 2.42. The van der Waals surface area contributed by atoms with Gasteiger partial charge in [0.05, 0.1) is 18.7 Å². The van der Waals surface area contributed by atoms with Gasteiger partial charge in [-0.1, -0.05) is 24.3 Å². The quantitative estimate of drug-likeness (QED) is 0.675. The number of nitrogens with zero attached hydrogens (tertiary/aromatic N) is 1. The Morgan fingerprint density at radius 3 is 2.44 bits per heavy atom. The molecule has 0 bridgehead atoms. The summed E-state index contributed by atoms with van der Waals surface area (Å²) in [5.74, 6) is -3.19. The summed E-state index contributed by atoms with van der Waals surface area (Å²) in [4.78, 5) is 14.4. The third-order valence-corrected chi connectivity index (χ3v) is 4.95. The summed E-state index contributed by atoms with van der Waals surface area (Å²) in [5, 5.41) is 14.9. The van der Waals surface area contributed by atoms with E-state index in [0.29, 0.717) is 6.54 Å². The normalized spacial score (nSPS) is 22.6. The Bertz CT molecular complexity index is 614. The zero-order chi connectivity index (χ0) is 17.9. The van der Waals surface area contributed by atoms with E-state index in [9.17, 15) is 18.7 Å². The zero-order valence-electron chi connectivity index (χ0n) is 15.0. The van der Waals surface area contributed by atoms with E-state index >= 15 is 0 Å². The lowest BCUT2D eigenvalue weighted by Gasteiger charge is -2.30. The molecule has 9 heteroatoms. The molecule has 0 spiro atoms. The molecule has 2 heterocycles. The Balaban J connectivity index is 0.00000182. The molecular formula is C18H27Cl2F2N3O2. The van der Waals surface area contributed by atoms with Crippen LogP contribution in [0.15, 0.2) is 24.3 Å². The van der Waals surface area contributed by atoms with Crippen molar-refractivity contribution in [2.75, 3.05) is 19.6 Å². The number of halogens is 4. The van der Waals surface area contributed by atoms with E-state index in [1.165, 1.54) is 0 Å². The first-order valence-corrected chi connectivity index (χ1v) is 8.79. The summed E-state index contributed by atoms with van der Waals surface area (Å²) in [6, 6.07) is 7.01. The number of benzene rings is 1. The fourth-order valence-electron chi connectivity index (χ4n) is 3.41. The molecule has 0 saturated carbocycles. The fourth-order valence-corrected chi connectivity index (χ4v) is 3.41. The molecule has 0 aliphatic carbocycles. The summed E-state index contributed by atoms with van der Waals surface area (Å²) in [5.41, 5.74) is 2.11. The van der Waals surface area contributed by atoms with Crippen molar-refractivity contribution in [3.8, 4) is 0 Å². The molecule has 3 N–H and O–H groups in total. The summed E-state index contributed by atoms with van der Waals surface area (Å²) >= 11 is 0. The second kappa shape index (κ2) is 10.5. The van der Waals surface area contributed by atoms with E-state index in [1.54, 1.807) is 0 Å². The molecule has 1 atom stereocenters. The number of rotatable bonds is 5. The molecule has 2 saturated heterocycles. The second-order valence-electron chi connectivity index (χ2n) is 6.99. The number of carbonyl (C=O) groups is 1. The topological polar surface area (TPSA) is 64.6 Å². The van der Waals surface area contributed by atoms with Gasteiger partial charge in [0.15, 0.2) is 0 Å². The van der Waals surface area contributed by atoms with Gasteiger partial charge in [0.2, 0.25) is 5.91 Å². The van der Waals surface area contributed by atoms with Crippen molar-refractivity contribution >= 4 is 30.7 Å². The van der Waals surface area contributed by atoms with Crippen LogP contribution in [0.3, 0.4) is 0 Å². The molecule has 1 unspecified atom stereocenters. The van der Waals surface area contributed by atoms with E-state index in [2.05, 4.69) is 15.5 Å². The number of nitrogens with one attached hydrogen (secondary N) is 2. The Morgan fingerprint density at radius 2 is 1.85 bits per heavy atom. The number of carbonyl (C=O) groups excluding carboxylic acids is 1. The first-order chi connectivity index (χ1) is 11.9. The maximum Gasteiger partial charge on any atom is 0.262 e. The van der Waals surface area contributed by atoms with Gasteiger partial charge in [0, 0.05) is 32.6 Å². The van der Waals surface area contributed by atoms with Crippen molar-refractivity contribution in [3.05, 3.63) is 35.4 Å². The number of hydrogen-bond acceptors (Lipinski definition) is 4. The van der Waals surface area contributed by atoms with Crippen molar-refractivity contribution in [2.45, 2.75) is 50.4 Å². The Labute approximate surface area is 170 Å². The summed E-state index contributed by atoms with van der Waals surface area (Å²) in [7, 11) is 0. The smallest absolute Gasteiger partial charge is 0.262 e. The van der Waals surface area contributed by atoms with Gasteiger partial charge in [-0.15, -0.1) is 24.8 Å². The number of aliphatic hydroxyl groups excluding tert-OH is 1. The van der Waals surface area contributed by atoms with Crippen LogP contribution in [0.1, 0.15) is 30.4 Å². The van der Waals surface area contributed by atoms with Gasteiger partial charge in [-0.05, 0) is 24.0 Å². The summed E-state index contributed by atoms with van der Waals surface area (Å²) < 4.78 is 26.4. The third-order valence-electron chi connectivity index (χ3n) is 4.95. The summed E-state index contributed by atoms with van der Waals surface area (Å²) in [6.07, 6.45) is 0.903. The first-order valence-electron chi connectivity index (χ1n) is 8.79. The number of likely N-dealkylation sites (tertiary alicyclic amines) is 1. The van der Waals surface area contributed by atoms with Crippen molar-refractivity contribution in [3.63, 3.8) is 0 Å². The number of piperidine rings is 1. The molecular weight excluding hydrogens is 399 g/mol. The van der Waals surface area contributed by atoms with Crippen molar-refractivity contribution in [1.82, 2.24) is 15.5 Å². The van der Waals surface area contributed by atoms with E-state index in [1.807, 2.05) is 24.3 Å². The molecule has 1 aromatic carbocycles. The number of alkyl halides is 2. The average molecular weight is 426 g/mol. The van der Waals surface area contributed by atoms with Crippen LogP contribution < -0.4 is 10.6 Å². The Morgan fingerprint density at radius 1 is 1.22 bits per heavy atom. The van der Waals surface area contributed by atoms with Crippen LogP contribution in [0.4, 0.5) is 8.78 Å². The minimum atomic E-state index is -2.81. The molecule has 0 radical (unpaired) electrons. The van der Waals surface area contributed by atoms with Crippen LogP contribution >= 0.6 is 24.8 Å². The molecule has 3 rings (SSSR count).